The van der Waals surface area contributed by atoms with Crippen molar-refractivity contribution in [3.05, 3.63) is 50.3 Å². The Labute approximate surface area is 110 Å². The van der Waals surface area contributed by atoms with Crippen LogP contribution in [0.4, 0.5) is 0 Å². The van der Waals surface area contributed by atoms with Crippen molar-refractivity contribution in [2.75, 3.05) is 6.54 Å². The van der Waals surface area contributed by atoms with Crippen LogP contribution < -0.4 is 10.9 Å². The van der Waals surface area contributed by atoms with E-state index < -0.39 is 0 Å². The molecule has 0 aliphatic carbocycles. The smallest absolute Gasteiger partial charge is 0.253 e. The lowest BCUT2D eigenvalue weighted by atomic mass is 10.4. The van der Waals surface area contributed by atoms with Crippen LogP contribution in [0.1, 0.15) is 16.4 Å². The zero-order valence-electron chi connectivity index (χ0n) is 10.6. The molecule has 0 radical (unpaired) electrons. The predicted octanol–water partition coefficient (Wildman–Crippen LogP) is 1.71. The second-order valence-electron chi connectivity index (χ2n) is 4.19. The standard InChI is InChI=1S/C13H17N3OS/c1-10-8-13(17)16(11(2)15-10)6-5-14-9-12-4-3-7-18-12/h3-4,7-8,14H,5-6,9H2,1-2H3. The van der Waals surface area contributed by atoms with E-state index >= 15 is 0 Å². The second-order valence-corrected chi connectivity index (χ2v) is 5.22. The lowest BCUT2D eigenvalue weighted by Gasteiger charge is -2.09. The first-order chi connectivity index (χ1) is 8.66. The Bertz CT molecular complexity index is 560. The molecule has 0 atom stereocenters. The molecule has 0 unspecified atom stereocenters. The quantitative estimate of drug-likeness (QED) is 0.835. The highest BCUT2D eigenvalue weighted by molar-refractivity contribution is 7.09. The van der Waals surface area contributed by atoms with Crippen LogP contribution in [-0.4, -0.2) is 16.1 Å². The van der Waals surface area contributed by atoms with Crippen molar-refractivity contribution in [2.24, 2.45) is 0 Å². The summed E-state index contributed by atoms with van der Waals surface area (Å²) >= 11 is 1.73. The Morgan fingerprint density at radius 2 is 2.28 bits per heavy atom. The zero-order valence-corrected chi connectivity index (χ0v) is 11.5. The summed E-state index contributed by atoms with van der Waals surface area (Å²) < 4.78 is 1.70. The molecule has 2 rings (SSSR count). The fourth-order valence-corrected chi connectivity index (χ4v) is 2.53. The number of aromatic nitrogens is 2. The van der Waals surface area contributed by atoms with Gasteiger partial charge in [0, 0.05) is 36.3 Å². The van der Waals surface area contributed by atoms with Gasteiger partial charge in [0.15, 0.2) is 0 Å². The molecule has 0 aliphatic heterocycles. The first kappa shape index (κ1) is 13.0. The van der Waals surface area contributed by atoms with Crippen LogP contribution in [0.25, 0.3) is 0 Å². The fourth-order valence-electron chi connectivity index (χ4n) is 1.85. The Balaban J connectivity index is 1.89. The molecule has 2 heterocycles. The zero-order chi connectivity index (χ0) is 13.0. The Kier molecular flexibility index (Phi) is 4.28. The second kappa shape index (κ2) is 5.93. The molecule has 4 nitrogen and oxygen atoms in total. The van der Waals surface area contributed by atoms with Gasteiger partial charge < -0.3 is 5.32 Å². The highest BCUT2D eigenvalue weighted by Crippen LogP contribution is 2.06. The molecule has 1 N–H and O–H groups in total. The molecule has 0 saturated heterocycles. The van der Waals surface area contributed by atoms with Gasteiger partial charge >= 0.3 is 0 Å². The SMILES string of the molecule is Cc1cc(=O)n(CCNCc2cccs2)c(C)n1. The van der Waals surface area contributed by atoms with Crippen LogP contribution in [0.3, 0.4) is 0 Å². The molecule has 5 heteroatoms. The van der Waals surface area contributed by atoms with Gasteiger partial charge in [-0.3, -0.25) is 9.36 Å². The third-order valence-electron chi connectivity index (χ3n) is 2.72. The van der Waals surface area contributed by atoms with Crippen molar-refractivity contribution < 1.29 is 0 Å². The first-order valence-corrected chi connectivity index (χ1v) is 6.83. The summed E-state index contributed by atoms with van der Waals surface area (Å²) in [5.41, 5.74) is 0.804. The minimum atomic E-state index is 0.0259. The molecule has 0 aliphatic rings. The van der Waals surface area contributed by atoms with Gasteiger partial charge in [-0.2, -0.15) is 0 Å². The van der Waals surface area contributed by atoms with Gasteiger partial charge in [-0.05, 0) is 25.3 Å². The largest absolute Gasteiger partial charge is 0.310 e. The van der Waals surface area contributed by atoms with Gasteiger partial charge in [0.05, 0.1) is 0 Å². The predicted molar refractivity (Wildman–Crippen MR) is 74.0 cm³/mol. The maximum Gasteiger partial charge on any atom is 0.253 e. The number of nitrogens with zero attached hydrogens (tertiary/aromatic N) is 2. The summed E-state index contributed by atoms with van der Waals surface area (Å²) in [4.78, 5) is 17.4. The van der Waals surface area contributed by atoms with Gasteiger partial charge in [0.1, 0.15) is 5.82 Å². The Morgan fingerprint density at radius 3 is 2.94 bits per heavy atom. The number of aryl methyl sites for hydroxylation is 2. The van der Waals surface area contributed by atoms with Crippen molar-refractivity contribution in [1.82, 2.24) is 14.9 Å². The molecule has 18 heavy (non-hydrogen) atoms. The molecule has 0 spiro atoms. The highest BCUT2D eigenvalue weighted by atomic mass is 32.1. The van der Waals surface area contributed by atoms with Crippen molar-refractivity contribution in [3.8, 4) is 0 Å². The van der Waals surface area contributed by atoms with Crippen molar-refractivity contribution >= 4 is 11.3 Å². The fraction of sp³-hybridized carbons (Fsp3) is 0.385. The lowest BCUT2D eigenvalue weighted by Crippen LogP contribution is -2.29. The summed E-state index contributed by atoms with van der Waals surface area (Å²) in [5.74, 6) is 0.776. The third kappa shape index (κ3) is 3.27. The van der Waals surface area contributed by atoms with E-state index in [4.69, 9.17) is 0 Å². The molecule has 96 valence electrons. The first-order valence-electron chi connectivity index (χ1n) is 5.95. The lowest BCUT2D eigenvalue weighted by molar-refractivity contribution is 0.566. The number of nitrogens with one attached hydrogen (secondary N) is 1. The van der Waals surface area contributed by atoms with Crippen molar-refractivity contribution in [1.29, 1.82) is 0 Å². The maximum absolute atomic E-state index is 11.8. The van der Waals surface area contributed by atoms with Gasteiger partial charge in [0.25, 0.3) is 5.56 Å². The maximum atomic E-state index is 11.8. The summed E-state index contributed by atoms with van der Waals surface area (Å²) in [6, 6.07) is 5.72. The Hall–Kier alpha value is -1.46. The van der Waals surface area contributed by atoms with E-state index in [1.54, 1.807) is 22.0 Å². The number of hydrogen-bond acceptors (Lipinski definition) is 4. The molecule has 0 fully saturated rings. The molecule has 2 aromatic heterocycles. The molecule has 0 saturated carbocycles. The molecule has 0 aromatic carbocycles. The summed E-state index contributed by atoms with van der Waals surface area (Å²) in [5, 5.41) is 5.39. The van der Waals surface area contributed by atoms with E-state index in [9.17, 15) is 4.79 Å². The molecule has 0 bridgehead atoms. The van der Waals surface area contributed by atoms with E-state index in [1.807, 2.05) is 19.9 Å². The average Bonchev–Trinajstić information content (AvgIpc) is 2.79. The van der Waals surface area contributed by atoms with Crippen LogP contribution in [0, 0.1) is 13.8 Å². The summed E-state index contributed by atoms with van der Waals surface area (Å²) in [6.07, 6.45) is 0. The molecular weight excluding hydrogens is 246 g/mol. The average molecular weight is 263 g/mol. The summed E-state index contributed by atoms with van der Waals surface area (Å²) in [6.45, 7) is 5.99. The number of hydrogen-bond donors (Lipinski definition) is 1. The monoisotopic (exact) mass is 263 g/mol. The molecule has 0 amide bonds. The minimum Gasteiger partial charge on any atom is -0.310 e. The minimum absolute atomic E-state index is 0.0259. The van der Waals surface area contributed by atoms with Crippen molar-refractivity contribution in [2.45, 2.75) is 26.9 Å². The molecule has 2 aromatic rings. The normalized spacial score (nSPS) is 10.8. The Morgan fingerprint density at radius 1 is 1.44 bits per heavy atom. The van der Waals surface area contributed by atoms with Crippen molar-refractivity contribution in [3.63, 3.8) is 0 Å². The number of thiophene rings is 1. The van der Waals surface area contributed by atoms with Gasteiger partial charge in [-0.1, -0.05) is 6.07 Å². The van der Waals surface area contributed by atoms with E-state index in [0.717, 1.165) is 24.6 Å². The number of rotatable bonds is 5. The van der Waals surface area contributed by atoms with E-state index in [-0.39, 0.29) is 5.56 Å². The van der Waals surface area contributed by atoms with E-state index in [2.05, 4.69) is 21.7 Å². The topological polar surface area (TPSA) is 46.9 Å². The van der Waals surface area contributed by atoms with Crippen LogP contribution in [0.5, 0.6) is 0 Å². The van der Waals surface area contributed by atoms with Gasteiger partial charge in [-0.25, -0.2) is 4.98 Å². The third-order valence-corrected chi connectivity index (χ3v) is 3.60. The van der Waals surface area contributed by atoms with Gasteiger partial charge in [0.2, 0.25) is 0 Å². The highest BCUT2D eigenvalue weighted by Gasteiger charge is 2.02. The van der Waals surface area contributed by atoms with Gasteiger partial charge in [-0.15, -0.1) is 11.3 Å². The van der Waals surface area contributed by atoms with E-state index in [0.29, 0.717) is 6.54 Å². The molecular formula is C13H17N3OS. The summed E-state index contributed by atoms with van der Waals surface area (Å²) in [7, 11) is 0. The van der Waals surface area contributed by atoms with Crippen LogP contribution in [-0.2, 0) is 13.1 Å². The van der Waals surface area contributed by atoms with Crippen LogP contribution in [0.2, 0.25) is 0 Å². The van der Waals surface area contributed by atoms with E-state index in [1.165, 1.54) is 4.88 Å². The van der Waals surface area contributed by atoms with Crippen LogP contribution >= 0.6 is 11.3 Å². The van der Waals surface area contributed by atoms with Crippen LogP contribution in [0.15, 0.2) is 28.4 Å².